The van der Waals surface area contributed by atoms with E-state index < -0.39 is 77.2 Å². The SMILES string of the molecule is CC(C)(C)OC(=O)CCC(CO)NC(=O)C1CCCN1C(=O)C12CC3OC(=O)C1N(Cc1ccccc1I)OC2C1OC2(Cc4ccccc4C2)OC31. The molecule has 0 aromatic heterocycles. The number of rotatable bonds is 9. The van der Waals surface area contributed by atoms with Gasteiger partial charge in [-0.25, -0.2) is 0 Å². The predicted octanol–water partition coefficient (Wildman–Crippen LogP) is 2.96. The van der Waals surface area contributed by atoms with Crippen LogP contribution in [0.4, 0.5) is 0 Å². The Morgan fingerprint density at radius 1 is 1.06 bits per heavy atom. The fourth-order valence-electron chi connectivity index (χ4n) is 9.27. The molecular weight excluding hydrogens is 797 g/mol. The predicted molar refractivity (Wildman–Crippen MR) is 195 cm³/mol. The van der Waals surface area contributed by atoms with Crippen molar-refractivity contribution in [2.45, 2.75) is 126 Å². The van der Waals surface area contributed by atoms with Gasteiger partial charge in [0, 0.05) is 35.8 Å². The second-order valence-corrected chi connectivity index (χ2v) is 17.3. The minimum Gasteiger partial charge on any atom is -0.460 e. The number of nitrogens with zero attached hydrogens (tertiary/aromatic N) is 2. The minimum atomic E-state index is -1.42. The highest BCUT2D eigenvalue weighted by molar-refractivity contribution is 14.1. The van der Waals surface area contributed by atoms with Crippen LogP contribution in [0.1, 0.15) is 69.6 Å². The molecule has 1 saturated carbocycles. The van der Waals surface area contributed by atoms with Gasteiger partial charge in [0.25, 0.3) is 0 Å². The summed E-state index contributed by atoms with van der Waals surface area (Å²) in [4.78, 5) is 64.1. The van der Waals surface area contributed by atoms with E-state index in [-0.39, 0.29) is 38.3 Å². The van der Waals surface area contributed by atoms with E-state index in [1.165, 1.54) is 0 Å². The molecule has 2 aliphatic carbocycles. The van der Waals surface area contributed by atoms with E-state index in [4.69, 9.17) is 23.8 Å². The summed E-state index contributed by atoms with van der Waals surface area (Å²) in [5.74, 6) is -2.76. The number of hydroxylamine groups is 2. The number of carbonyl (C=O) groups excluding carboxylic acids is 4. The summed E-state index contributed by atoms with van der Waals surface area (Å²) >= 11 is 2.25. The number of hydrogen-bond acceptors (Lipinski definition) is 11. The number of nitrogens with one attached hydrogen (secondary N) is 1. The van der Waals surface area contributed by atoms with E-state index in [2.05, 4.69) is 40.0 Å². The Bertz CT molecular complexity index is 1780. The minimum absolute atomic E-state index is 0.0107. The van der Waals surface area contributed by atoms with Crippen LogP contribution in [0.25, 0.3) is 0 Å². The smallest absolute Gasteiger partial charge is 0.327 e. The second kappa shape index (κ2) is 13.9. The van der Waals surface area contributed by atoms with Crippen molar-refractivity contribution in [3.05, 3.63) is 68.8 Å². The first-order valence-corrected chi connectivity index (χ1v) is 19.6. The normalized spacial score (nSPS) is 31.6. The van der Waals surface area contributed by atoms with E-state index in [1.807, 2.05) is 36.4 Å². The third-order valence-corrected chi connectivity index (χ3v) is 12.5. The molecular formula is C39H46IN3O10. The number of aliphatic hydroxyl groups excluding tert-OH is 1. The lowest BCUT2D eigenvalue weighted by molar-refractivity contribution is -0.218. The summed E-state index contributed by atoms with van der Waals surface area (Å²) < 4.78 is 26.2. The molecule has 4 heterocycles. The largest absolute Gasteiger partial charge is 0.460 e. The lowest BCUT2D eigenvalue weighted by Gasteiger charge is -2.50. The van der Waals surface area contributed by atoms with Gasteiger partial charge in [-0.05, 0) is 85.4 Å². The van der Waals surface area contributed by atoms with Crippen molar-refractivity contribution in [2.75, 3.05) is 13.2 Å². The number of carbonyl (C=O) groups is 4. The summed E-state index contributed by atoms with van der Waals surface area (Å²) in [7, 11) is 0. The number of likely N-dealkylation sites (tertiary alicyclic amines) is 1. The van der Waals surface area contributed by atoms with Crippen LogP contribution >= 0.6 is 22.6 Å². The Labute approximate surface area is 322 Å². The lowest BCUT2D eigenvalue weighted by atomic mass is 9.62. The summed E-state index contributed by atoms with van der Waals surface area (Å²) in [5.41, 5.74) is 1.10. The van der Waals surface area contributed by atoms with Crippen LogP contribution in [0, 0.1) is 8.99 Å². The van der Waals surface area contributed by atoms with Crippen LogP contribution in [0.15, 0.2) is 48.5 Å². The number of amides is 2. The van der Waals surface area contributed by atoms with Gasteiger partial charge in [-0.15, -0.1) is 0 Å². The Balaban J connectivity index is 1.08. The fourth-order valence-corrected chi connectivity index (χ4v) is 9.83. The van der Waals surface area contributed by atoms with Crippen LogP contribution in [0.3, 0.4) is 0 Å². The summed E-state index contributed by atoms with van der Waals surface area (Å²) in [6.07, 6.45) is -0.648. The van der Waals surface area contributed by atoms with E-state index in [9.17, 15) is 19.5 Å². The molecule has 13 nitrogen and oxygen atoms in total. The maximum absolute atomic E-state index is 15.3. The van der Waals surface area contributed by atoms with Crippen LogP contribution in [0.2, 0.25) is 0 Å². The molecule has 2 N–H and O–H groups in total. The van der Waals surface area contributed by atoms with Gasteiger partial charge in [0.15, 0.2) is 11.8 Å². The summed E-state index contributed by atoms with van der Waals surface area (Å²) in [6.45, 7) is 5.48. The van der Waals surface area contributed by atoms with Crippen LogP contribution in [-0.4, -0.2) is 106 Å². The topological polar surface area (TPSA) is 153 Å². The number of hydrogen-bond donors (Lipinski definition) is 2. The maximum Gasteiger partial charge on any atom is 0.327 e. The molecule has 14 heteroatoms. The zero-order valence-electron chi connectivity index (χ0n) is 30.1. The van der Waals surface area contributed by atoms with Crippen molar-refractivity contribution in [3.63, 3.8) is 0 Å². The third kappa shape index (κ3) is 6.56. The quantitative estimate of drug-likeness (QED) is 0.283. The summed E-state index contributed by atoms with van der Waals surface area (Å²) in [5, 5.41) is 14.6. The van der Waals surface area contributed by atoms with Crippen molar-refractivity contribution in [1.29, 1.82) is 0 Å². The van der Waals surface area contributed by atoms with E-state index in [0.29, 0.717) is 32.2 Å². The number of fused-ring (bicyclic) bond motifs is 5. The van der Waals surface area contributed by atoms with Crippen LogP contribution < -0.4 is 5.32 Å². The average molecular weight is 844 g/mol. The van der Waals surface area contributed by atoms with Crippen LogP contribution in [-0.2, 0) is 62.3 Å². The first kappa shape index (κ1) is 36.8. The monoisotopic (exact) mass is 843 g/mol. The van der Waals surface area contributed by atoms with Crippen LogP contribution in [0.5, 0.6) is 0 Å². The molecule has 2 bridgehead atoms. The second-order valence-electron chi connectivity index (χ2n) is 16.2. The lowest BCUT2D eigenvalue weighted by Crippen LogP contribution is -2.70. The Hall–Kier alpha value is -3.15. The average Bonchev–Trinajstić information content (AvgIpc) is 3.89. The molecule has 53 heavy (non-hydrogen) atoms. The molecule has 0 radical (unpaired) electrons. The first-order chi connectivity index (χ1) is 25.3. The molecule has 5 fully saturated rings. The Kier molecular flexibility index (Phi) is 9.62. The Morgan fingerprint density at radius 2 is 1.75 bits per heavy atom. The fraction of sp³-hybridized carbons (Fsp3) is 0.590. The highest BCUT2D eigenvalue weighted by Gasteiger charge is 2.77. The molecule has 8 unspecified atom stereocenters. The Morgan fingerprint density at radius 3 is 2.45 bits per heavy atom. The van der Waals surface area contributed by atoms with Gasteiger partial charge in [0.1, 0.15) is 41.5 Å². The maximum atomic E-state index is 15.3. The first-order valence-electron chi connectivity index (χ1n) is 18.5. The number of halogens is 1. The van der Waals surface area contributed by atoms with Gasteiger partial charge in [-0.1, -0.05) is 42.5 Å². The van der Waals surface area contributed by atoms with Gasteiger partial charge in [0.05, 0.1) is 19.2 Å². The molecule has 4 aliphatic heterocycles. The molecule has 6 aliphatic rings. The van der Waals surface area contributed by atoms with Crippen molar-refractivity contribution in [1.82, 2.24) is 15.3 Å². The molecule has 8 atom stereocenters. The van der Waals surface area contributed by atoms with Crippen molar-refractivity contribution < 1.29 is 48.1 Å². The molecule has 284 valence electrons. The zero-order valence-corrected chi connectivity index (χ0v) is 32.3. The van der Waals surface area contributed by atoms with E-state index in [1.54, 1.807) is 30.7 Å². The van der Waals surface area contributed by atoms with Gasteiger partial charge in [-0.3, -0.25) is 24.0 Å². The van der Waals surface area contributed by atoms with Crippen molar-refractivity contribution >= 4 is 46.3 Å². The van der Waals surface area contributed by atoms with E-state index >= 15 is 4.79 Å². The molecule has 1 spiro atoms. The highest BCUT2D eigenvalue weighted by atomic mass is 127. The molecule has 2 amide bonds. The van der Waals surface area contributed by atoms with E-state index in [0.717, 1.165) is 20.3 Å². The standard InChI is InChI=1S/C39H46IN3O10/c1-37(2,3)50-29(45)15-14-25(21-44)41-34(46)27-13-8-16-42(27)36(48)39-19-28-30-31(52-38(51-30)17-22-9-4-5-10-23(22)18-38)33(39)53-43(32(39)35(47)49-28)20-24-11-6-7-12-26(24)40/h4-7,9-12,25,27-28,30-33,44H,8,13-21H2,1-3H3,(H,41,46). The van der Waals surface area contributed by atoms with Gasteiger partial charge in [-0.2, -0.15) is 5.06 Å². The number of esters is 2. The highest BCUT2D eigenvalue weighted by Crippen LogP contribution is 2.59. The number of ether oxygens (including phenoxy) is 4. The number of aliphatic hydroxyl groups is 1. The van der Waals surface area contributed by atoms with Gasteiger partial charge in [0.2, 0.25) is 11.8 Å². The van der Waals surface area contributed by atoms with Gasteiger partial charge < -0.3 is 34.3 Å². The molecule has 2 aromatic rings. The molecule has 4 saturated heterocycles. The number of benzene rings is 2. The third-order valence-electron chi connectivity index (χ3n) is 11.5. The summed E-state index contributed by atoms with van der Waals surface area (Å²) in [6, 6.07) is 13.2. The van der Waals surface area contributed by atoms with Gasteiger partial charge >= 0.3 is 11.9 Å². The van der Waals surface area contributed by atoms with Crippen molar-refractivity contribution in [2.24, 2.45) is 5.41 Å². The molecule has 8 rings (SSSR count). The zero-order chi connectivity index (χ0) is 37.3. The molecule has 2 aromatic carbocycles. The van der Waals surface area contributed by atoms with Crippen molar-refractivity contribution in [3.8, 4) is 0 Å².